The van der Waals surface area contributed by atoms with Gasteiger partial charge in [0.2, 0.25) is 5.91 Å². The monoisotopic (exact) mass is 403 g/mol. The van der Waals surface area contributed by atoms with E-state index in [0.29, 0.717) is 10.8 Å². The minimum atomic E-state index is -1.59. The minimum Gasteiger partial charge on any atom is -0.464 e. The zero-order chi connectivity index (χ0) is 15.8. The lowest BCUT2D eigenvalue weighted by Crippen LogP contribution is -2.45. The van der Waals surface area contributed by atoms with Crippen molar-refractivity contribution in [2.75, 3.05) is 11.0 Å². The Balaban J connectivity index is 4.48. The van der Waals surface area contributed by atoms with Gasteiger partial charge in [-0.25, -0.2) is 9.18 Å². The predicted molar refractivity (Wildman–Crippen MR) is 82.5 cm³/mol. The Morgan fingerprint density at radius 2 is 2.05 bits per heavy atom. The highest BCUT2D eigenvalue weighted by Crippen LogP contribution is 2.17. The van der Waals surface area contributed by atoms with Crippen molar-refractivity contribution in [1.29, 1.82) is 0 Å². The summed E-state index contributed by atoms with van der Waals surface area (Å²) in [4.78, 5) is 23.4. The van der Waals surface area contributed by atoms with Crippen molar-refractivity contribution in [2.45, 2.75) is 57.8 Å². The van der Waals surface area contributed by atoms with Gasteiger partial charge in [-0.3, -0.25) is 4.79 Å². The molecule has 5 nitrogen and oxygen atoms in total. The molecule has 0 aromatic carbocycles. The Bertz CT molecular complexity index is 320. The van der Waals surface area contributed by atoms with Crippen LogP contribution in [0.5, 0.6) is 0 Å². The molecule has 0 spiro atoms. The number of aliphatic hydroxyl groups is 1. The van der Waals surface area contributed by atoms with Crippen LogP contribution in [0.15, 0.2) is 0 Å². The number of nitrogens with one attached hydrogen (secondary N) is 1. The lowest BCUT2D eigenvalue weighted by Gasteiger charge is -2.22. The van der Waals surface area contributed by atoms with Gasteiger partial charge in [-0.1, -0.05) is 22.6 Å². The topological polar surface area (TPSA) is 75.6 Å². The number of carbonyl (C=O) groups is 2. The molecule has 118 valence electrons. The van der Waals surface area contributed by atoms with E-state index in [1.54, 1.807) is 6.92 Å². The van der Waals surface area contributed by atoms with Gasteiger partial charge in [0.05, 0.1) is 12.7 Å². The van der Waals surface area contributed by atoms with Crippen LogP contribution in [0.1, 0.15) is 40.0 Å². The Hall–Kier alpha value is -0.440. The van der Waals surface area contributed by atoms with Crippen molar-refractivity contribution < 1.29 is 23.8 Å². The summed E-state index contributed by atoms with van der Waals surface area (Å²) in [7, 11) is 0. The molecular formula is C13H23FINO4. The summed E-state index contributed by atoms with van der Waals surface area (Å²) < 4.78 is 19.0. The predicted octanol–water partition coefficient (Wildman–Crippen LogP) is 1.75. The first-order valence-corrected chi connectivity index (χ1v) is 8.11. The Morgan fingerprint density at radius 3 is 2.50 bits per heavy atom. The zero-order valence-electron chi connectivity index (χ0n) is 12.1. The summed E-state index contributed by atoms with van der Waals surface area (Å²) >= 11 is 2.02. The summed E-state index contributed by atoms with van der Waals surface area (Å²) in [5, 5.41) is 11.9. The summed E-state index contributed by atoms with van der Waals surface area (Å²) in [5.41, 5.74) is -1.59. The quantitative estimate of drug-likeness (QED) is 0.350. The van der Waals surface area contributed by atoms with Crippen molar-refractivity contribution >= 4 is 34.5 Å². The van der Waals surface area contributed by atoms with E-state index < -0.39 is 29.7 Å². The van der Waals surface area contributed by atoms with Crippen molar-refractivity contribution in [3.8, 4) is 0 Å². The van der Waals surface area contributed by atoms with Gasteiger partial charge < -0.3 is 15.2 Å². The SMILES string of the molecule is CCOC(=O)[C@H](CC(C)(C)F)NC(=O)CCC(O)CI. The van der Waals surface area contributed by atoms with Crippen LogP contribution < -0.4 is 5.32 Å². The van der Waals surface area contributed by atoms with Crippen LogP contribution in [0.3, 0.4) is 0 Å². The molecule has 0 bridgehead atoms. The molecule has 2 atom stereocenters. The van der Waals surface area contributed by atoms with E-state index in [0.717, 1.165) is 0 Å². The molecule has 0 aromatic rings. The maximum absolute atomic E-state index is 13.7. The molecule has 20 heavy (non-hydrogen) atoms. The molecule has 0 fully saturated rings. The van der Waals surface area contributed by atoms with Crippen molar-refractivity contribution in [3.05, 3.63) is 0 Å². The number of alkyl halides is 2. The summed E-state index contributed by atoms with van der Waals surface area (Å²) in [6.45, 7) is 4.50. The molecule has 0 aliphatic heterocycles. The lowest BCUT2D eigenvalue weighted by molar-refractivity contribution is -0.148. The fourth-order valence-corrected chi connectivity index (χ4v) is 2.00. The zero-order valence-corrected chi connectivity index (χ0v) is 14.3. The number of hydrogen-bond donors (Lipinski definition) is 2. The van der Waals surface area contributed by atoms with Crippen LogP contribution in [0.4, 0.5) is 4.39 Å². The van der Waals surface area contributed by atoms with E-state index in [1.807, 2.05) is 22.6 Å². The van der Waals surface area contributed by atoms with Gasteiger partial charge in [-0.2, -0.15) is 0 Å². The van der Waals surface area contributed by atoms with E-state index in [-0.39, 0.29) is 19.4 Å². The van der Waals surface area contributed by atoms with Crippen LogP contribution in [-0.4, -0.2) is 45.8 Å². The van der Waals surface area contributed by atoms with Crippen LogP contribution in [0, 0.1) is 0 Å². The van der Waals surface area contributed by atoms with Crippen LogP contribution >= 0.6 is 22.6 Å². The third-order valence-corrected chi connectivity index (χ3v) is 3.50. The van der Waals surface area contributed by atoms with Gasteiger partial charge in [0, 0.05) is 17.3 Å². The Morgan fingerprint density at radius 1 is 1.45 bits per heavy atom. The summed E-state index contributed by atoms with van der Waals surface area (Å²) in [5.74, 6) is -1.03. The van der Waals surface area contributed by atoms with E-state index in [9.17, 15) is 19.1 Å². The maximum atomic E-state index is 13.7. The van der Waals surface area contributed by atoms with Gasteiger partial charge in [0.1, 0.15) is 11.7 Å². The molecule has 2 N–H and O–H groups in total. The number of esters is 1. The van der Waals surface area contributed by atoms with Crippen molar-refractivity contribution in [1.82, 2.24) is 5.32 Å². The van der Waals surface area contributed by atoms with E-state index in [4.69, 9.17) is 4.74 Å². The molecule has 0 aromatic heterocycles. The molecular weight excluding hydrogens is 380 g/mol. The lowest BCUT2D eigenvalue weighted by atomic mass is 10.0. The highest BCUT2D eigenvalue weighted by molar-refractivity contribution is 14.1. The molecule has 1 amide bonds. The number of rotatable bonds is 9. The standard InChI is InChI=1S/C13H23FINO4/c1-4-20-12(19)10(7-13(2,3)14)16-11(18)6-5-9(17)8-15/h9-10,17H,4-8H2,1-3H3,(H,16,18)/t9?,10-/m0/s1. The van der Waals surface area contributed by atoms with E-state index in [2.05, 4.69) is 5.32 Å². The highest BCUT2D eigenvalue weighted by atomic mass is 127. The molecule has 0 radical (unpaired) electrons. The minimum absolute atomic E-state index is 0.0901. The molecule has 1 unspecified atom stereocenters. The number of halogens is 2. The number of hydrogen-bond acceptors (Lipinski definition) is 4. The van der Waals surface area contributed by atoms with Crippen LogP contribution in [0.25, 0.3) is 0 Å². The normalized spacial score (nSPS) is 14.5. The molecule has 0 rings (SSSR count). The van der Waals surface area contributed by atoms with Gasteiger partial charge in [-0.05, 0) is 27.2 Å². The maximum Gasteiger partial charge on any atom is 0.328 e. The fourth-order valence-electron chi connectivity index (χ4n) is 1.56. The van der Waals surface area contributed by atoms with Gasteiger partial charge in [0.25, 0.3) is 0 Å². The fraction of sp³-hybridized carbons (Fsp3) is 0.846. The molecule has 0 aliphatic carbocycles. The third-order valence-electron chi connectivity index (χ3n) is 2.48. The first-order valence-electron chi connectivity index (χ1n) is 6.58. The average Bonchev–Trinajstić information content (AvgIpc) is 2.33. The molecule has 0 saturated carbocycles. The van der Waals surface area contributed by atoms with Crippen LogP contribution in [0.2, 0.25) is 0 Å². The van der Waals surface area contributed by atoms with Crippen molar-refractivity contribution in [2.24, 2.45) is 0 Å². The second-order valence-corrected chi connectivity index (χ2v) is 6.02. The molecule has 7 heteroatoms. The summed E-state index contributed by atoms with van der Waals surface area (Å²) in [6, 6.07) is -1.00. The largest absolute Gasteiger partial charge is 0.464 e. The Labute approximate surface area is 132 Å². The number of ether oxygens (including phenoxy) is 1. The smallest absolute Gasteiger partial charge is 0.328 e. The second-order valence-electron chi connectivity index (χ2n) is 5.14. The second kappa shape index (κ2) is 9.49. The van der Waals surface area contributed by atoms with Gasteiger partial charge >= 0.3 is 5.97 Å². The summed E-state index contributed by atoms with van der Waals surface area (Å²) in [6.07, 6.45) is -0.303. The Kier molecular flexibility index (Phi) is 9.28. The first kappa shape index (κ1) is 19.6. The number of carbonyl (C=O) groups excluding carboxylic acids is 2. The molecule has 0 aliphatic rings. The van der Waals surface area contributed by atoms with Gasteiger partial charge in [0.15, 0.2) is 0 Å². The number of aliphatic hydroxyl groups excluding tert-OH is 1. The van der Waals surface area contributed by atoms with Gasteiger partial charge in [-0.15, -0.1) is 0 Å². The molecule has 0 saturated heterocycles. The van der Waals surface area contributed by atoms with E-state index >= 15 is 0 Å². The van der Waals surface area contributed by atoms with E-state index in [1.165, 1.54) is 13.8 Å². The highest BCUT2D eigenvalue weighted by Gasteiger charge is 2.30. The molecule has 0 heterocycles. The van der Waals surface area contributed by atoms with Crippen molar-refractivity contribution in [3.63, 3.8) is 0 Å². The third kappa shape index (κ3) is 9.46. The van der Waals surface area contributed by atoms with Crippen LogP contribution in [-0.2, 0) is 14.3 Å². The average molecular weight is 403 g/mol. The first-order chi connectivity index (χ1) is 9.19. The number of amides is 1.